The molecular formula is C9H11BrN2. The van der Waals surface area contributed by atoms with Crippen LogP contribution in [0.5, 0.6) is 0 Å². The highest BCUT2D eigenvalue weighted by Gasteiger charge is 1.94. The van der Waals surface area contributed by atoms with Crippen LogP contribution in [0.2, 0.25) is 0 Å². The molecule has 0 unspecified atom stereocenters. The molecule has 0 aromatic carbocycles. The molecule has 0 fully saturated rings. The molecule has 0 radical (unpaired) electrons. The fraction of sp³-hybridized carbons (Fsp3) is 0.222. The van der Waals surface area contributed by atoms with Crippen molar-refractivity contribution in [2.45, 2.75) is 6.92 Å². The first-order chi connectivity index (χ1) is 5.74. The van der Waals surface area contributed by atoms with Gasteiger partial charge in [0.1, 0.15) is 0 Å². The van der Waals surface area contributed by atoms with E-state index in [0.717, 1.165) is 16.6 Å². The number of hydrogen-bond donors (Lipinski definition) is 1. The number of alkyl halides is 1. The lowest BCUT2D eigenvalue weighted by Gasteiger charge is -1.99. The first-order valence-corrected chi connectivity index (χ1v) is 4.81. The summed E-state index contributed by atoms with van der Waals surface area (Å²) in [6.45, 7) is 1.97. The normalized spacial score (nSPS) is 10.8. The summed E-state index contributed by atoms with van der Waals surface area (Å²) in [6, 6.07) is 1.92. The fourth-order valence-corrected chi connectivity index (χ4v) is 1.09. The standard InChI is InChI=1S/C9H11BrN2/c1-7-8(3-2-4-10)5-9(11)6-12-7/h2-3,5-6H,4,11H2,1H3. The molecule has 3 heteroatoms. The Hall–Kier alpha value is -0.830. The second-order valence-electron chi connectivity index (χ2n) is 2.50. The zero-order valence-electron chi connectivity index (χ0n) is 6.92. The first kappa shape index (κ1) is 9.26. The molecule has 1 rings (SSSR count). The molecule has 0 saturated carbocycles. The maximum absolute atomic E-state index is 5.59. The predicted octanol–water partition coefficient (Wildman–Crippen LogP) is 2.38. The Bertz CT molecular complexity index is 295. The molecule has 1 aromatic heterocycles. The minimum atomic E-state index is 0.704. The van der Waals surface area contributed by atoms with Crippen molar-refractivity contribution in [3.63, 3.8) is 0 Å². The molecule has 2 nitrogen and oxygen atoms in total. The molecular weight excluding hydrogens is 216 g/mol. The van der Waals surface area contributed by atoms with E-state index in [0.29, 0.717) is 5.69 Å². The van der Waals surface area contributed by atoms with Crippen LogP contribution in [-0.4, -0.2) is 10.3 Å². The zero-order valence-corrected chi connectivity index (χ0v) is 8.51. The lowest BCUT2D eigenvalue weighted by atomic mass is 10.2. The summed E-state index contributed by atoms with van der Waals surface area (Å²) in [5.74, 6) is 0. The van der Waals surface area contributed by atoms with Crippen LogP contribution < -0.4 is 5.73 Å². The average Bonchev–Trinajstić information content (AvgIpc) is 2.07. The van der Waals surface area contributed by atoms with Gasteiger partial charge in [0.25, 0.3) is 0 Å². The number of nitrogens with two attached hydrogens (primary N) is 1. The van der Waals surface area contributed by atoms with Crippen LogP contribution >= 0.6 is 15.9 Å². The molecule has 1 aromatic rings. The van der Waals surface area contributed by atoms with Gasteiger partial charge in [0.15, 0.2) is 0 Å². The predicted molar refractivity (Wildman–Crippen MR) is 56.2 cm³/mol. The molecule has 0 atom stereocenters. The summed E-state index contributed by atoms with van der Waals surface area (Å²) in [5.41, 5.74) is 8.37. The van der Waals surface area contributed by atoms with E-state index in [4.69, 9.17) is 5.73 Å². The van der Waals surface area contributed by atoms with E-state index in [1.54, 1.807) is 6.20 Å². The van der Waals surface area contributed by atoms with E-state index < -0.39 is 0 Å². The Morgan fingerprint density at radius 3 is 3.08 bits per heavy atom. The minimum absolute atomic E-state index is 0.704. The summed E-state index contributed by atoms with van der Waals surface area (Å²) >= 11 is 3.31. The third-order valence-corrected chi connectivity index (χ3v) is 1.91. The van der Waals surface area contributed by atoms with Crippen molar-refractivity contribution in [2.75, 3.05) is 11.1 Å². The Morgan fingerprint density at radius 1 is 1.67 bits per heavy atom. The third kappa shape index (κ3) is 2.34. The van der Waals surface area contributed by atoms with E-state index >= 15 is 0 Å². The van der Waals surface area contributed by atoms with E-state index in [-0.39, 0.29) is 0 Å². The molecule has 0 amide bonds. The summed E-state index contributed by atoms with van der Waals surface area (Å²) < 4.78 is 0. The number of halogens is 1. The van der Waals surface area contributed by atoms with Crippen LogP contribution in [0.4, 0.5) is 5.69 Å². The zero-order chi connectivity index (χ0) is 8.97. The second-order valence-corrected chi connectivity index (χ2v) is 3.15. The second kappa shape index (κ2) is 4.26. The van der Waals surface area contributed by atoms with Gasteiger partial charge in [-0.05, 0) is 18.6 Å². The number of aryl methyl sites for hydroxylation is 1. The van der Waals surface area contributed by atoms with Crippen molar-refractivity contribution >= 4 is 27.7 Å². The molecule has 0 aliphatic heterocycles. The maximum atomic E-state index is 5.59. The van der Waals surface area contributed by atoms with Crippen molar-refractivity contribution in [1.29, 1.82) is 0 Å². The average molecular weight is 227 g/mol. The first-order valence-electron chi connectivity index (χ1n) is 3.68. The Kier molecular flexibility index (Phi) is 3.29. The highest BCUT2D eigenvalue weighted by molar-refractivity contribution is 9.09. The number of hydrogen-bond acceptors (Lipinski definition) is 2. The molecule has 12 heavy (non-hydrogen) atoms. The third-order valence-electron chi connectivity index (χ3n) is 1.53. The van der Waals surface area contributed by atoms with Crippen molar-refractivity contribution in [1.82, 2.24) is 4.98 Å². The smallest absolute Gasteiger partial charge is 0.0506 e. The van der Waals surface area contributed by atoms with Crippen LogP contribution in [0.25, 0.3) is 6.08 Å². The monoisotopic (exact) mass is 226 g/mol. The minimum Gasteiger partial charge on any atom is -0.397 e. The van der Waals surface area contributed by atoms with Gasteiger partial charge in [0.2, 0.25) is 0 Å². The number of nitrogen functional groups attached to an aromatic ring is 1. The molecule has 64 valence electrons. The van der Waals surface area contributed by atoms with Gasteiger partial charge in [-0.15, -0.1) is 0 Å². The number of rotatable bonds is 2. The van der Waals surface area contributed by atoms with E-state index in [9.17, 15) is 0 Å². The van der Waals surface area contributed by atoms with Crippen molar-refractivity contribution in [2.24, 2.45) is 0 Å². The molecule has 1 heterocycles. The van der Waals surface area contributed by atoms with E-state index in [2.05, 4.69) is 20.9 Å². The SMILES string of the molecule is Cc1ncc(N)cc1C=CCBr. The van der Waals surface area contributed by atoms with E-state index in [1.165, 1.54) is 0 Å². The maximum Gasteiger partial charge on any atom is 0.0506 e. The topological polar surface area (TPSA) is 38.9 Å². The number of nitrogens with zero attached hydrogens (tertiary/aromatic N) is 1. The Morgan fingerprint density at radius 2 is 2.42 bits per heavy atom. The highest BCUT2D eigenvalue weighted by atomic mass is 79.9. The molecule has 0 saturated heterocycles. The fourth-order valence-electron chi connectivity index (χ4n) is 0.907. The lowest BCUT2D eigenvalue weighted by Crippen LogP contribution is -1.91. The van der Waals surface area contributed by atoms with E-state index in [1.807, 2.05) is 25.1 Å². The van der Waals surface area contributed by atoms with Crippen LogP contribution in [-0.2, 0) is 0 Å². The van der Waals surface area contributed by atoms with Crippen LogP contribution in [0.15, 0.2) is 18.3 Å². The highest BCUT2D eigenvalue weighted by Crippen LogP contribution is 2.11. The van der Waals surface area contributed by atoms with Gasteiger partial charge < -0.3 is 5.73 Å². The van der Waals surface area contributed by atoms with Crippen molar-refractivity contribution < 1.29 is 0 Å². The molecule has 0 aliphatic carbocycles. The molecule has 0 aliphatic rings. The van der Waals surface area contributed by atoms with Gasteiger partial charge in [0, 0.05) is 11.0 Å². The quantitative estimate of drug-likeness (QED) is 0.787. The van der Waals surface area contributed by atoms with Gasteiger partial charge in [-0.3, -0.25) is 4.98 Å². The summed E-state index contributed by atoms with van der Waals surface area (Å²) in [4.78, 5) is 4.14. The lowest BCUT2D eigenvalue weighted by molar-refractivity contribution is 1.19. The van der Waals surface area contributed by atoms with Crippen molar-refractivity contribution in [3.8, 4) is 0 Å². The molecule has 0 bridgehead atoms. The number of aromatic nitrogens is 1. The number of allylic oxidation sites excluding steroid dienone is 1. The Balaban J connectivity index is 2.97. The van der Waals surface area contributed by atoms with Gasteiger partial charge in [-0.1, -0.05) is 28.1 Å². The van der Waals surface area contributed by atoms with Gasteiger partial charge >= 0.3 is 0 Å². The van der Waals surface area contributed by atoms with Gasteiger partial charge in [-0.25, -0.2) is 0 Å². The number of pyridine rings is 1. The largest absolute Gasteiger partial charge is 0.397 e. The summed E-state index contributed by atoms with van der Waals surface area (Å²) in [6.07, 6.45) is 5.69. The summed E-state index contributed by atoms with van der Waals surface area (Å²) in [5, 5.41) is 0.848. The molecule has 0 spiro atoms. The van der Waals surface area contributed by atoms with Crippen molar-refractivity contribution in [3.05, 3.63) is 29.6 Å². The van der Waals surface area contributed by atoms with Crippen LogP contribution in [0, 0.1) is 6.92 Å². The van der Waals surface area contributed by atoms with Gasteiger partial charge in [0.05, 0.1) is 11.9 Å². The molecule has 2 N–H and O–H groups in total. The Labute approximate surface area is 80.6 Å². The van der Waals surface area contributed by atoms with Gasteiger partial charge in [-0.2, -0.15) is 0 Å². The summed E-state index contributed by atoms with van der Waals surface area (Å²) in [7, 11) is 0. The van der Waals surface area contributed by atoms with Crippen LogP contribution in [0.1, 0.15) is 11.3 Å². The van der Waals surface area contributed by atoms with Crippen LogP contribution in [0.3, 0.4) is 0 Å². The number of anilines is 1.